The standard InChI is InChI=1S/C15H9IN2O3/c16-10-4-1-3-9(7-10)15(19)12-8-17-14-11(12)5-2-6-13(14)18(20)21/h1-8,17H. The van der Waals surface area contributed by atoms with E-state index in [0.29, 0.717) is 22.0 Å². The van der Waals surface area contributed by atoms with Crippen molar-refractivity contribution in [1.29, 1.82) is 0 Å². The van der Waals surface area contributed by atoms with Crippen LogP contribution in [-0.2, 0) is 0 Å². The van der Waals surface area contributed by atoms with Gasteiger partial charge in [-0.3, -0.25) is 14.9 Å². The van der Waals surface area contributed by atoms with E-state index in [1.54, 1.807) is 24.3 Å². The molecule has 0 aliphatic rings. The zero-order valence-electron chi connectivity index (χ0n) is 10.7. The van der Waals surface area contributed by atoms with Gasteiger partial charge in [0.25, 0.3) is 5.69 Å². The molecule has 104 valence electrons. The monoisotopic (exact) mass is 392 g/mol. The Morgan fingerprint density at radius 2 is 1.95 bits per heavy atom. The highest BCUT2D eigenvalue weighted by Gasteiger charge is 2.19. The van der Waals surface area contributed by atoms with Gasteiger partial charge in [0.15, 0.2) is 5.78 Å². The highest BCUT2D eigenvalue weighted by molar-refractivity contribution is 14.1. The molecule has 0 aliphatic heterocycles. The Morgan fingerprint density at radius 1 is 1.19 bits per heavy atom. The van der Waals surface area contributed by atoms with Crippen molar-refractivity contribution in [3.8, 4) is 0 Å². The quantitative estimate of drug-likeness (QED) is 0.318. The third-order valence-corrected chi connectivity index (χ3v) is 3.89. The average molecular weight is 392 g/mol. The number of aromatic nitrogens is 1. The first-order valence-corrected chi connectivity index (χ1v) is 7.20. The Morgan fingerprint density at radius 3 is 2.67 bits per heavy atom. The van der Waals surface area contributed by atoms with Crippen molar-refractivity contribution in [2.24, 2.45) is 0 Å². The molecule has 0 aliphatic carbocycles. The number of hydrogen-bond acceptors (Lipinski definition) is 3. The Hall–Kier alpha value is -2.22. The first kappa shape index (κ1) is 13.7. The van der Waals surface area contributed by atoms with Crippen LogP contribution in [0.4, 0.5) is 5.69 Å². The molecule has 0 amide bonds. The minimum atomic E-state index is -0.460. The van der Waals surface area contributed by atoms with E-state index in [4.69, 9.17) is 0 Å². The predicted octanol–water partition coefficient (Wildman–Crippen LogP) is 3.91. The van der Waals surface area contributed by atoms with E-state index in [0.717, 1.165) is 3.57 Å². The van der Waals surface area contributed by atoms with Crippen LogP contribution < -0.4 is 0 Å². The molecule has 0 saturated carbocycles. The maximum atomic E-state index is 12.6. The number of para-hydroxylation sites is 1. The SMILES string of the molecule is O=C(c1cccc(I)c1)c1c[nH]c2c([N+](=O)[O-])cccc12. The first-order valence-electron chi connectivity index (χ1n) is 6.12. The molecule has 21 heavy (non-hydrogen) atoms. The predicted molar refractivity (Wildman–Crippen MR) is 87.5 cm³/mol. The van der Waals surface area contributed by atoms with E-state index >= 15 is 0 Å². The molecule has 1 aromatic heterocycles. The van der Waals surface area contributed by atoms with Gasteiger partial charge >= 0.3 is 0 Å². The molecular weight excluding hydrogens is 383 g/mol. The maximum Gasteiger partial charge on any atom is 0.293 e. The van der Waals surface area contributed by atoms with E-state index in [2.05, 4.69) is 27.6 Å². The fraction of sp³-hybridized carbons (Fsp3) is 0. The number of fused-ring (bicyclic) bond motifs is 1. The summed E-state index contributed by atoms with van der Waals surface area (Å²) in [6, 6.07) is 11.9. The minimum Gasteiger partial charge on any atom is -0.355 e. The summed E-state index contributed by atoms with van der Waals surface area (Å²) in [5.74, 6) is -0.153. The van der Waals surface area contributed by atoms with Crippen molar-refractivity contribution in [2.45, 2.75) is 0 Å². The Balaban J connectivity index is 2.16. The van der Waals surface area contributed by atoms with Crippen molar-refractivity contribution in [3.63, 3.8) is 0 Å². The second-order valence-corrected chi connectivity index (χ2v) is 5.74. The second kappa shape index (κ2) is 5.28. The lowest BCUT2D eigenvalue weighted by Crippen LogP contribution is -2.00. The largest absolute Gasteiger partial charge is 0.355 e. The molecule has 2 aromatic carbocycles. The van der Waals surface area contributed by atoms with E-state index < -0.39 is 4.92 Å². The van der Waals surface area contributed by atoms with E-state index in [-0.39, 0.29) is 11.5 Å². The Bertz CT molecular complexity index is 870. The van der Waals surface area contributed by atoms with E-state index in [9.17, 15) is 14.9 Å². The highest BCUT2D eigenvalue weighted by Crippen LogP contribution is 2.28. The van der Waals surface area contributed by atoms with Crippen LogP contribution in [0, 0.1) is 13.7 Å². The number of nitrogens with zero attached hydrogens (tertiary/aromatic N) is 1. The van der Waals surface area contributed by atoms with Gasteiger partial charge in [-0.25, -0.2) is 0 Å². The number of carbonyl (C=O) groups is 1. The van der Waals surface area contributed by atoms with Crippen LogP contribution in [0.1, 0.15) is 15.9 Å². The van der Waals surface area contributed by atoms with Gasteiger partial charge in [-0.1, -0.05) is 24.3 Å². The molecule has 0 saturated heterocycles. The Labute approximate surface area is 133 Å². The number of nitro groups is 1. The number of nitro benzene ring substituents is 1. The molecule has 0 spiro atoms. The van der Waals surface area contributed by atoms with Gasteiger partial charge < -0.3 is 4.98 Å². The molecule has 3 aromatic rings. The van der Waals surface area contributed by atoms with Gasteiger partial charge in [0.1, 0.15) is 5.52 Å². The van der Waals surface area contributed by atoms with Crippen LogP contribution in [-0.4, -0.2) is 15.7 Å². The lowest BCUT2D eigenvalue weighted by Gasteiger charge is -2.00. The molecule has 0 radical (unpaired) electrons. The molecule has 0 unspecified atom stereocenters. The number of benzene rings is 2. The smallest absolute Gasteiger partial charge is 0.293 e. The summed E-state index contributed by atoms with van der Waals surface area (Å²) in [6.45, 7) is 0. The summed E-state index contributed by atoms with van der Waals surface area (Å²) >= 11 is 2.14. The number of halogens is 1. The molecule has 6 heteroatoms. The maximum absolute atomic E-state index is 12.6. The summed E-state index contributed by atoms with van der Waals surface area (Å²) in [5.41, 5.74) is 1.34. The van der Waals surface area contributed by atoms with Gasteiger partial charge in [-0.2, -0.15) is 0 Å². The topological polar surface area (TPSA) is 76.0 Å². The number of nitrogens with one attached hydrogen (secondary N) is 1. The normalized spacial score (nSPS) is 10.7. The first-order chi connectivity index (χ1) is 10.1. The van der Waals surface area contributed by atoms with Crippen LogP contribution >= 0.6 is 22.6 Å². The molecule has 3 rings (SSSR count). The highest BCUT2D eigenvalue weighted by atomic mass is 127. The molecule has 1 heterocycles. The number of rotatable bonds is 3. The van der Waals surface area contributed by atoms with Gasteiger partial charge in [0.05, 0.1) is 4.92 Å². The summed E-state index contributed by atoms with van der Waals surface area (Å²) in [5, 5.41) is 11.6. The molecule has 0 fully saturated rings. The summed E-state index contributed by atoms with van der Waals surface area (Å²) in [7, 11) is 0. The van der Waals surface area contributed by atoms with E-state index in [1.165, 1.54) is 12.3 Å². The number of carbonyl (C=O) groups excluding carboxylic acids is 1. The molecule has 0 atom stereocenters. The van der Waals surface area contributed by atoms with Crippen molar-refractivity contribution in [3.05, 3.63) is 73.5 Å². The zero-order valence-corrected chi connectivity index (χ0v) is 12.8. The third-order valence-electron chi connectivity index (χ3n) is 3.22. The van der Waals surface area contributed by atoms with Crippen LogP contribution in [0.15, 0.2) is 48.7 Å². The third kappa shape index (κ3) is 2.42. The number of ketones is 1. The zero-order chi connectivity index (χ0) is 15.0. The van der Waals surface area contributed by atoms with Crippen molar-refractivity contribution >= 4 is 45.0 Å². The van der Waals surface area contributed by atoms with Crippen LogP contribution in [0.25, 0.3) is 10.9 Å². The fourth-order valence-corrected chi connectivity index (χ4v) is 2.81. The average Bonchev–Trinajstić information content (AvgIpc) is 2.90. The van der Waals surface area contributed by atoms with Gasteiger partial charge in [-0.05, 0) is 34.7 Å². The van der Waals surface area contributed by atoms with Crippen LogP contribution in [0.3, 0.4) is 0 Å². The second-order valence-electron chi connectivity index (χ2n) is 4.50. The number of hydrogen-bond donors (Lipinski definition) is 1. The van der Waals surface area contributed by atoms with Gasteiger partial charge in [-0.15, -0.1) is 0 Å². The summed E-state index contributed by atoms with van der Waals surface area (Å²) in [6.07, 6.45) is 1.53. The lowest BCUT2D eigenvalue weighted by molar-refractivity contribution is -0.383. The Kier molecular flexibility index (Phi) is 3.46. The van der Waals surface area contributed by atoms with Crippen molar-refractivity contribution < 1.29 is 9.72 Å². The molecule has 0 bridgehead atoms. The molecular formula is C15H9IN2O3. The minimum absolute atomic E-state index is 0.0332. The number of H-pyrrole nitrogens is 1. The van der Waals surface area contributed by atoms with E-state index in [1.807, 2.05) is 12.1 Å². The van der Waals surface area contributed by atoms with Gasteiger partial charge in [0.2, 0.25) is 0 Å². The number of aromatic amines is 1. The summed E-state index contributed by atoms with van der Waals surface area (Å²) < 4.78 is 0.962. The van der Waals surface area contributed by atoms with Crippen LogP contribution in [0.2, 0.25) is 0 Å². The van der Waals surface area contributed by atoms with Crippen molar-refractivity contribution in [2.75, 3.05) is 0 Å². The number of non-ortho nitro benzene ring substituents is 1. The fourth-order valence-electron chi connectivity index (χ4n) is 2.26. The lowest BCUT2D eigenvalue weighted by atomic mass is 10.0. The molecule has 5 nitrogen and oxygen atoms in total. The molecule has 1 N–H and O–H groups in total. The van der Waals surface area contributed by atoms with Crippen molar-refractivity contribution in [1.82, 2.24) is 4.98 Å². The van der Waals surface area contributed by atoms with Crippen LogP contribution in [0.5, 0.6) is 0 Å². The van der Waals surface area contributed by atoms with Gasteiger partial charge in [0, 0.05) is 32.3 Å². The summed E-state index contributed by atoms with van der Waals surface area (Å²) in [4.78, 5) is 25.9.